The maximum atomic E-state index is 12.6. The summed E-state index contributed by atoms with van der Waals surface area (Å²) >= 11 is 0. The van der Waals surface area contributed by atoms with Gasteiger partial charge in [-0.3, -0.25) is 0 Å². The zero-order valence-corrected chi connectivity index (χ0v) is 21.0. The zero-order valence-electron chi connectivity index (χ0n) is 19.3. The summed E-state index contributed by atoms with van der Waals surface area (Å²) in [6.45, 7) is 0. The Labute approximate surface area is 217 Å². The standard InChI is InChI=1S/C25H20F3N4O4S2/c26-25(27,28)38(35,36)32-37(33,34)24-13-11-20(12-14-24)31-23-16-21(29-18-7-3-1-4-8-18)15-22(17-23)30-19-9-5-2-6-10-19/h1-17,29-31H/q-1. The van der Waals surface area contributed by atoms with Gasteiger partial charge in [0.2, 0.25) is 0 Å². The van der Waals surface area contributed by atoms with Gasteiger partial charge in [0, 0.05) is 39.0 Å². The Kier molecular flexibility index (Phi) is 7.62. The molecule has 3 N–H and O–H groups in total. The van der Waals surface area contributed by atoms with Crippen molar-refractivity contribution >= 4 is 54.2 Å². The van der Waals surface area contributed by atoms with E-state index in [0.29, 0.717) is 11.4 Å². The van der Waals surface area contributed by atoms with Gasteiger partial charge in [-0.2, -0.15) is 13.2 Å². The lowest BCUT2D eigenvalue weighted by Gasteiger charge is -2.22. The van der Waals surface area contributed by atoms with Gasteiger partial charge in [-0.05, 0) is 66.7 Å². The first-order chi connectivity index (χ1) is 17.9. The molecule has 0 unspecified atom stereocenters. The molecule has 0 atom stereocenters. The highest BCUT2D eigenvalue weighted by molar-refractivity contribution is 8.12. The minimum Gasteiger partial charge on any atom is -0.424 e. The number of hydrogen-bond acceptors (Lipinski definition) is 7. The van der Waals surface area contributed by atoms with E-state index in [2.05, 4.69) is 20.1 Å². The van der Waals surface area contributed by atoms with Gasteiger partial charge in [-0.1, -0.05) is 36.4 Å². The fraction of sp³-hybridized carbons (Fsp3) is 0.0400. The van der Waals surface area contributed by atoms with Gasteiger partial charge >= 0.3 is 5.51 Å². The molecule has 0 radical (unpaired) electrons. The SMILES string of the molecule is O=S(=O)([N-]S(=O)(=O)C(F)(F)F)c1ccc(Nc2cc(Nc3ccccc3)cc(Nc3ccccc3)c2)cc1. The second kappa shape index (κ2) is 10.7. The quantitative estimate of drug-likeness (QED) is 0.205. The summed E-state index contributed by atoms with van der Waals surface area (Å²) in [7, 11) is -11.3. The average Bonchev–Trinajstić information content (AvgIpc) is 2.84. The van der Waals surface area contributed by atoms with Gasteiger partial charge in [0.15, 0.2) is 10.0 Å². The van der Waals surface area contributed by atoms with Crippen LogP contribution in [0, 0.1) is 0 Å². The molecule has 0 aliphatic rings. The van der Waals surface area contributed by atoms with Crippen molar-refractivity contribution in [3.05, 3.63) is 107 Å². The molecule has 0 spiro atoms. The van der Waals surface area contributed by atoms with Crippen molar-refractivity contribution in [1.82, 2.24) is 0 Å². The molecular weight excluding hydrogens is 541 g/mol. The van der Waals surface area contributed by atoms with Crippen LogP contribution in [0.3, 0.4) is 0 Å². The van der Waals surface area contributed by atoms with Crippen LogP contribution in [-0.2, 0) is 20.0 Å². The number of sulfonamides is 2. The van der Waals surface area contributed by atoms with Crippen LogP contribution in [0.2, 0.25) is 0 Å². The Morgan fingerprint density at radius 3 is 1.26 bits per heavy atom. The highest BCUT2D eigenvalue weighted by Gasteiger charge is 2.40. The minimum absolute atomic E-state index is 0.394. The molecule has 0 aromatic heterocycles. The van der Waals surface area contributed by atoms with Crippen LogP contribution in [0.15, 0.2) is 108 Å². The van der Waals surface area contributed by atoms with Crippen LogP contribution in [-0.4, -0.2) is 22.3 Å². The molecule has 0 aliphatic heterocycles. The fourth-order valence-electron chi connectivity index (χ4n) is 3.31. The van der Waals surface area contributed by atoms with E-state index in [4.69, 9.17) is 0 Å². The van der Waals surface area contributed by atoms with Gasteiger partial charge < -0.3 is 20.1 Å². The molecular formula is C25H20F3N4O4S2-. The monoisotopic (exact) mass is 561 g/mol. The summed E-state index contributed by atoms with van der Waals surface area (Å²) in [6, 6.07) is 28.9. The third kappa shape index (κ3) is 6.82. The summed E-state index contributed by atoms with van der Waals surface area (Å²) in [4.78, 5) is -0.707. The van der Waals surface area contributed by atoms with E-state index in [9.17, 15) is 30.0 Å². The van der Waals surface area contributed by atoms with Crippen LogP contribution < -0.4 is 16.0 Å². The molecule has 4 aromatic carbocycles. The van der Waals surface area contributed by atoms with Crippen LogP contribution in [0.1, 0.15) is 0 Å². The summed E-state index contributed by atoms with van der Waals surface area (Å²) in [5, 5.41) is 9.70. The fourth-order valence-corrected chi connectivity index (χ4v) is 5.51. The van der Waals surface area contributed by atoms with E-state index in [1.54, 1.807) is 12.1 Å². The van der Waals surface area contributed by atoms with Crippen LogP contribution in [0.5, 0.6) is 0 Å². The molecule has 4 rings (SSSR count). The third-order valence-electron chi connectivity index (χ3n) is 4.99. The van der Waals surface area contributed by atoms with Crippen molar-refractivity contribution in [2.45, 2.75) is 10.4 Å². The van der Waals surface area contributed by atoms with E-state index in [0.717, 1.165) is 34.9 Å². The summed E-state index contributed by atoms with van der Waals surface area (Å²) in [5.41, 5.74) is -1.67. The van der Waals surface area contributed by atoms with Crippen LogP contribution >= 0.6 is 0 Å². The minimum atomic E-state index is -6.22. The maximum absolute atomic E-state index is 12.6. The Morgan fingerprint density at radius 1 is 0.526 bits per heavy atom. The van der Waals surface area contributed by atoms with Crippen molar-refractivity contribution in [1.29, 1.82) is 0 Å². The van der Waals surface area contributed by atoms with Crippen molar-refractivity contribution in [3.8, 4) is 0 Å². The predicted molar refractivity (Wildman–Crippen MR) is 141 cm³/mol. The number of hydrogen-bond donors (Lipinski definition) is 3. The molecule has 0 fully saturated rings. The number of benzene rings is 4. The maximum Gasteiger partial charge on any atom is 0.480 e. The number of nitrogens with zero attached hydrogens (tertiary/aromatic N) is 1. The Bertz CT molecular complexity index is 1560. The first-order valence-electron chi connectivity index (χ1n) is 10.9. The summed E-state index contributed by atoms with van der Waals surface area (Å²) < 4.78 is 86.4. The van der Waals surface area contributed by atoms with Crippen LogP contribution in [0.4, 0.5) is 47.3 Å². The topological polar surface area (TPSA) is 118 Å². The van der Waals surface area contributed by atoms with Crippen molar-refractivity contribution in [3.63, 3.8) is 0 Å². The predicted octanol–water partition coefficient (Wildman–Crippen LogP) is 6.83. The Balaban J connectivity index is 1.58. The number of nitrogens with one attached hydrogen (secondary N) is 3. The summed E-state index contributed by atoms with van der Waals surface area (Å²) in [5.74, 6) is 0. The Morgan fingerprint density at radius 2 is 0.895 bits per heavy atom. The largest absolute Gasteiger partial charge is 0.480 e. The van der Waals surface area contributed by atoms with E-state index in [1.165, 1.54) is 12.1 Å². The molecule has 38 heavy (non-hydrogen) atoms. The highest BCUT2D eigenvalue weighted by atomic mass is 32.3. The van der Waals surface area contributed by atoms with E-state index in [1.807, 2.05) is 66.7 Å². The molecule has 0 saturated carbocycles. The first-order valence-corrected chi connectivity index (χ1v) is 13.8. The molecule has 8 nitrogen and oxygen atoms in total. The lowest BCUT2D eigenvalue weighted by atomic mass is 10.2. The third-order valence-corrected chi connectivity index (χ3v) is 8.01. The Hall–Kier alpha value is -4.07. The second-order valence-corrected chi connectivity index (χ2v) is 11.3. The average molecular weight is 562 g/mol. The zero-order chi connectivity index (χ0) is 27.4. The number of anilines is 6. The molecule has 198 valence electrons. The lowest BCUT2D eigenvalue weighted by molar-refractivity contribution is -0.0425. The smallest absolute Gasteiger partial charge is 0.424 e. The van der Waals surface area contributed by atoms with Gasteiger partial charge in [0.05, 0.1) is 0 Å². The molecule has 0 amide bonds. The molecule has 13 heteroatoms. The summed E-state index contributed by atoms with van der Waals surface area (Å²) in [6.07, 6.45) is 0. The highest BCUT2D eigenvalue weighted by Crippen LogP contribution is 2.34. The number of rotatable bonds is 9. The van der Waals surface area contributed by atoms with E-state index < -0.39 is 30.5 Å². The molecule has 0 aliphatic carbocycles. The number of alkyl halides is 3. The normalized spacial score (nSPS) is 12.1. The lowest BCUT2D eigenvalue weighted by Crippen LogP contribution is -2.24. The molecule has 0 saturated heterocycles. The number of halogens is 3. The van der Waals surface area contributed by atoms with Crippen molar-refractivity contribution in [2.24, 2.45) is 0 Å². The van der Waals surface area contributed by atoms with Crippen LogP contribution in [0.25, 0.3) is 4.13 Å². The van der Waals surface area contributed by atoms with E-state index in [-0.39, 0.29) is 0 Å². The first kappa shape index (κ1) is 27.0. The van der Waals surface area contributed by atoms with Gasteiger partial charge in [-0.15, -0.1) is 0 Å². The van der Waals surface area contributed by atoms with E-state index >= 15 is 0 Å². The molecule has 0 heterocycles. The molecule has 4 aromatic rings. The molecule has 0 bridgehead atoms. The van der Waals surface area contributed by atoms with Gasteiger partial charge in [0.25, 0.3) is 0 Å². The second-order valence-electron chi connectivity index (χ2n) is 7.90. The van der Waals surface area contributed by atoms with Crippen molar-refractivity contribution < 1.29 is 30.0 Å². The van der Waals surface area contributed by atoms with Gasteiger partial charge in [-0.25, -0.2) is 16.8 Å². The number of para-hydroxylation sites is 2. The van der Waals surface area contributed by atoms with Gasteiger partial charge in [0.1, 0.15) is 10.0 Å². The van der Waals surface area contributed by atoms with Crippen molar-refractivity contribution in [2.75, 3.05) is 16.0 Å².